The maximum absolute atomic E-state index is 12.7. The zero-order chi connectivity index (χ0) is 15.2. The number of ether oxygens (including phenoxy) is 1. The molecule has 0 aliphatic rings. The van der Waals surface area contributed by atoms with Crippen LogP contribution in [0.3, 0.4) is 0 Å². The van der Waals surface area contributed by atoms with Crippen LogP contribution in [0.5, 0.6) is 6.01 Å². The van der Waals surface area contributed by atoms with Crippen LogP contribution in [0, 0.1) is 6.92 Å². The third kappa shape index (κ3) is 4.92. The normalized spacial score (nSPS) is 11.9. The summed E-state index contributed by atoms with van der Waals surface area (Å²) < 4.78 is 53.8. The maximum Gasteiger partial charge on any atom is 0.340 e. The van der Waals surface area contributed by atoms with Crippen molar-refractivity contribution in [3.63, 3.8) is 0 Å². The quantitative estimate of drug-likeness (QED) is 0.591. The predicted octanol–water partition coefficient (Wildman–Crippen LogP) is 2.56. The Morgan fingerprint density at radius 1 is 1.40 bits per heavy atom. The molecule has 8 heteroatoms. The van der Waals surface area contributed by atoms with E-state index in [1.165, 1.54) is 6.20 Å². The minimum absolute atomic E-state index is 0.331. The van der Waals surface area contributed by atoms with Gasteiger partial charge in [-0.2, -0.15) is 8.78 Å². The Kier molecular flexibility index (Phi) is 6.12. The van der Waals surface area contributed by atoms with Crippen molar-refractivity contribution in [2.24, 2.45) is 0 Å². The van der Waals surface area contributed by atoms with E-state index in [9.17, 15) is 17.6 Å². The Balaban J connectivity index is 2.59. The summed E-state index contributed by atoms with van der Waals surface area (Å²) in [4.78, 5) is 7.59. The van der Waals surface area contributed by atoms with Gasteiger partial charge in [0.25, 0.3) is 0 Å². The molecule has 20 heavy (non-hydrogen) atoms. The maximum atomic E-state index is 12.7. The molecule has 0 aromatic carbocycles. The molecule has 0 bridgehead atoms. The van der Waals surface area contributed by atoms with E-state index in [2.05, 4.69) is 20.0 Å². The lowest BCUT2D eigenvalue weighted by molar-refractivity contribution is -0.149. The Hall–Kier alpha value is -1.44. The first-order valence-electron chi connectivity index (χ1n) is 6.18. The smallest absolute Gasteiger partial charge is 0.340 e. The lowest BCUT2D eigenvalue weighted by atomic mass is 10.2. The van der Waals surface area contributed by atoms with E-state index < -0.39 is 19.0 Å². The lowest BCUT2D eigenvalue weighted by Crippen LogP contribution is -2.34. The molecule has 0 fully saturated rings. The van der Waals surface area contributed by atoms with E-state index in [1.807, 2.05) is 6.92 Å². The highest BCUT2D eigenvalue weighted by Crippen LogP contribution is 2.23. The van der Waals surface area contributed by atoms with E-state index in [1.54, 1.807) is 6.92 Å². The van der Waals surface area contributed by atoms with Gasteiger partial charge in [0.05, 0.1) is 0 Å². The van der Waals surface area contributed by atoms with Gasteiger partial charge in [-0.05, 0) is 19.9 Å². The van der Waals surface area contributed by atoms with Gasteiger partial charge in [0.1, 0.15) is 0 Å². The second-order valence-corrected chi connectivity index (χ2v) is 4.29. The topological polar surface area (TPSA) is 47.0 Å². The average molecular weight is 295 g/mol. The summed E-state index contributed by atoms with van der Waals surface area (Å²) in [7, 11) is 0. The molecule has 0 atom stereocenters. The van der Waals surface area contributed by atoms with Crippen molar-refractivity contribution in [2.45, 2.75) is 39.2 Å². The molecule has 0 amide bonds. The highest BCUT2D eigenvalue weighted by Gasteiger charge is 2.42. The SMILES string of the molecule is CCCNCc1cnc(OCC(F)(F)C(F)F)nc1C. The Morgan fingerprint density at radius 2 is 2.10 bits per heavy atom. The Labute approximate surface area is 114 Å². The van der Waals surface area contributed by atoms with E-state index in [4.69, 9.17) is 0 Å². The fourth-order valence-corrected chi connectivity index (χ4v) is 1.34. The minimum atomic E-state index is -4.21. The molecular formula is C12H17F4N3O. The highest BCUT2D eigenvalue weighted by molar-refractivity contribution is 5.17. The number of hydrogen-bond donors (Lipinski definition) is 1. The highest BCUT2D eigenvalue weighted by atomic mass is 19.3. The van der Waals surface area contributed by atoms with Crippen LogP contribution < -0.4 is 10.1 Å². The first-order valence-corrected chi connectivity index (χ1v) is 6.18. The number of hydrogen-bond acceptors (Lipinski definition) is 4. The number of nitrogens with zero attached hydrogens (tertiary/aromatic N) is 2. The van der Waals surface area contributed by atoms with Crippen molar-refractivity contribution in [1.29, 1.82) is 0 Å². The molecule has 1 N–H and O–H groups in total. The number of aromatic nitrogens is 2. The molecule has 1 aromatic heterocycles. The van der Waals surface area contributed by atoms with Crippen molar-refractivity contribution in [3.05, 3.63) is 17.5 Å². The molecule has 0 saturated heterocycles. The van der Waals surface area contributed by atoms with Crippen molar-refractivity contribution in [1.82, 2.24) is 15.3 Å². The van der Waals surface area contributed by atoms with Gasteiger partial charge in [-0.15, -0.1) is 0 Å². The molecule has 1 heterocycles. The zero-order valence-electron chi connectivity index (χ0n) is 11.3. The number of halogens is 4. The summed E-state index contributed by atoms with van der Waals surface area (Å²) in [5.41, 5.74) is 1.35. The third-order valence-electron chi connectivity index (χ3n) is 2.51. The van der Waals surface area contributed by atoms with Crippen molar-refractivity contribution < 1.29 is 22.3 Å². The summed E-state index contributed by atoms with van der Waals surface area (Å²) in [5.74, 6) is -4.21. The van der Waals surface area contributed by atoms with Crippen LogP contribution in [0.2, 0.25) is 0 Å². The first kappa shape index (κ1) is 16.6. The number of nitrogens with one attached hydrogen (secondary N) is 1. The van der Waals surface area contributed by atoms with Crippen LogP contribution in [0.15, 0.2) is 6.20 Å². The van der Waals surface area contributed by atoms with Crippen LogP contribution in [0.1, 0.15) is 24.6 Å². The molecule has 1 rings (SSSR count). The van der Waals surface area contributed by atoms with E-state index in [0.717, 1.165) is 18.5 Å². The van der Waals surface area contributed by atoms with Gasteiger partial charge >= 0.3 is 18.4 Å². The molecule has 0 unspecified atom stereocenters. The van der Waals surface area contributed by atoms with Crippen LogP contribution in [0.25, 0.3) is 0 Å². The standard InChI is InChI=1S/C12H17F4N3O/c1-3-4-17-5-9-6-18-11(19-8(9)2)20-7-12(15,16)10(13)14/h6,10,17H,3-5,7H2,1-2H3. The van der Waals surface area contributed by atoms with Gasteiger partial charge in [0, 0.05) is 24.0 Å². The summed E-state index contributed by atoms with van der Waals surface area (Å²) in [6, 6.07) is -0.331. The predicted molar refractivity (Wildman–Crippen MR) is 65.2 cm³/mol. The summed E-state index contributed by atoms with van der Waals surface area (Å²) in [5, 5.41) is 3.14. The average Bonchev–Trinajstić information content (AvgIpc) is 2.39. The van der Waals surface area contributed by atoms with Gasteiger partial charge in [-0.25, -0.2) is 18.7 Å². The summed E-state index contributed by atoms with van der Waals surface area (Å²) in [6.07, 6.45) is -1.37. The van der Waals surface area contributed by atoms with Crippen LogP contribution >= 0.6 is 0 Å². The lowest BCUT2D eigenvalue weighted by Gasteiger charge is -2.15. The third-order valence-corrected chi connectivity index (χ3v) is 2.51. The molecule has 0 radical (unpaired) electrons. The van der Waals surface area contributed by atoms with Gasteiger partial charge in [-0.3, -0.25) is 0 Å². The van der Waals surface area contributed by atoms with Crippen LogP contribution in [-0.4, -0.2) is 35.5 Å². The van der Waals surface area contributed by atoms with Crippen LogP contribution in [-0.2, 0) is 6.54 Å². The zero-order valence-corrected chi connectivity index (χ0v) is 11.3. The fraction of sp³-hybridized carbons (Fsp3) is 0.667. The number of alkyl halides is 4. The van der Waals surface area contributed by atoms with Gasteiger partial charge in [0.2, 0.25) is 0 Å². The van der Waals surface area contributed by atoms with Gasteiger partial charge in [-0.1, -0.05) is 6.92 Å². The Bertz CT molecular complexity index is 429. The first-order chi connectivity index (χ1) is 9.36. The van der Waals surface area contributed by atoms with Gasteiger partial charge in [0.15, 0.2) is 6.61 Å². The fourth-order valence-electron chi connectivity index (χ4n) is 1.34. The van der Waals surface area contributed by atoms with Crippen molar-refractivity contribution >= 4 is 0 Å². The molecule has 0 aliphatic heterocycles. The molecule has 4 nitrogen and oxygen atoms in total. The molecule has 0 saturated carbocycles. The number of aryl methyl sites for hydroxylation is 1. The molecule has 114 valence electrons. The Morgan fingerprint density at radius 3 is 2.65 bits per heavy atom. The van der Waals surface area contributed by atoms with Crippen molar-refractivity contribution in [3.8, 4) is 6.01 Å². The van der Waals surface area contributed by atoms with Gasteiger partial charge < -0.3 is 10.1 Å². The second kappa shape index (κ2) is 7.37. The van der Waals surface area contributed by atoms with E-state index >= 15 is 0 Å². The summed E-state index contributed by atoms with van der Waals surface area (Å²) >= 11 is 0. The minimum Gasteiger partial charge on any atom is -0.457 e. The molecular weight excluding hydrogens is 278 g/mol. The molecule has 0 aliphatic carbocycles. The van der Waals surface area contributed by atoms with E-state index in [0.29, 0.717) is 12.2 Å². The van der Waals surface area contributed by atoms with Crippen molar-refractivity contribution in [2.75, 3.05) is 13.2 Å². The van der Waals surface area contributed by atoms with Crippen LogP contribution in [0.4, 0.5) is 17.6 Å². The van der Waals surface area contributed by atoms with E-state index in [-0.39, 0.29) is 6.01 Å². The summed E-state index contributed by atoms with van der Waals surface area (Å²) in [6.45, 7) is 3.63. The monoisotopic (exact) mass is 295 g/mol. The second-order valence-electron chi connectivity index (χ2n) is 4.29. The largest absolute Gasteiger partial charge is 0.457 e. The molecule has 1 aromatic rings. The molecule has 0 spiro atoms. The number of rotatable bonds is 8.